The molecule has 0 unspecified atom stereocenters. The Kier molecular flexibility index (Phi) is 7.57. The van der Waals surface area contributed by atoms with Crippen LogP contribution in [0, 0.1) is 0 Å². The summed E-state index contributed by atoms with van der Waals surface area (Å²) in [7, 11) is 1.66. The highest BCUT2D eigenvalue weighted by Crippen LogP contribution is 2.33. The first-order valence-electron chi connectivity index (χ1n) is 6.29. The van der Waals surface area contributed by atoms with Gasteiger partial charge in [-0.1, -0.05) is 13.8 Å². The van der Waals surface area contributed by atoms with E-state index in [1.54, 1.807) is 7.11 Å². The first-order valence-corrected chi connectivity index (χ1v) is 8.70. The van der Waals surface area contributed by atoms with E-state index in [0.29, 0.717) is 13.2 Å². The molecule has 0 fully saturated rings. The van der Waals surface area contributed by atoms with E-state index in [4.69, 9.17) is 4.74 Å². The normalized spacial score (nSPS) is 11.1. The standard InChI is InChI=1S/C13H19Br2NO2S/c1-4-9(5-2)16(6-7-18-3)13(17)10-8-11(14)19-12(10)15/h8-9H,4-7H2,1-3H3. The molecule has 0 aromatic carbocycles. The smallest absolute Gasteiger partial charge is 0.256 e. The number of thiophene rings is 1. The number of carbonyl (C=O) groups is 1. The Bertz CT molecular complexity index is 419. The Morgan fingerprint density at radius 2 is 2.05 bits per heavy atom. The lowest BCUT2D eigenvalue weighted by Crippen LogP contribution is -2.41. The number of nitrogens with zero attached hydrogens (tertiary/aromatic N) is 1. The summed E-state index contributed by atoms with van der Waals surface area (Å²) < 4.78 is 6.95. The van der Waals surface area contributed by atoms with Crippen molar-refractivity contribution in [2.75, 3.05) is 20.3 Å². The van der Waals surface area contributed by atoms with Gasteiger partial charge in [0, 0.05) is 19.7 Å². The molecule has 0 saturated heterocycles. The number of hydrogen-bond acceptors (Lipinski definition) is 3. The fourth-order valence-electron chi connectivity index (χ4n) is 2.01. The number of ether oxygens (including phenoxy) is 1. The second-order valence-corrected chi connectivity index (χ2v) is 7.95. The zero-order valence-corrected chi connectivity index (χ0v) is 15.4. The molecule has 0 aliphatic heterocycles. The second kappa shape index (κ2) is 8.39. The van der Waals surface area contributed by atoms with E-state index >= 15 is 0 Å². The molecule has 19 heavy (non-hydrogen) atoms. The van der Waals surface area contributed by atoms with Crippen molar-refractivity contribution in [3.05, 3.63) is 19.2 Å². The first-order chi connectivity index (χ1) is 9.04. The summed E-state index contributed by atoms with van der Waals surface area (Å²) in [6, 6.07) is 2.13. The van der Waals surface area contributed by atoms with Crippen LogP contribution in [-0.4, -0.2) is 37.1 Å². The molecular weight excluding hydrogens is 394 g/mol. The molecule has 1 aromatic heterocycles. The molecule has 0 bridgehead atoms. The second-order valence-electron chi connectivity index (χ2n) is 4.20. The van der Waals surface area contributed by atoms with Crippen LogP contribution in [0.15, 0.2) is 13.6 Å². The first kappa shape index (κ1) is 17.1. The van der Waals surface area contributed by atoms with Crippen LogP contribution in [-0.2, 0) is 4.74 Å². The average Bonchev–Trinajstić information content (AvgIpc) is 2.73. The van der Waals surface area contributed by atoms with Crippen LogP contribution in [0.4, 0.5) is 0 Å². The summed E-state index contributed by atoms with van der Waals surface area (Å²) in [5.74, 6) is 0.0691. The monoisotopic (exact) mass is 411 g/mol. The summed E-state index contributed by atoms with van der Waals surface area (Å²) in [6.45, 7) is 5.41. The molecule has 108 valence electrons. The van der Waals surface area contributed by atoms with Gasteiger partial charge in [0.15, 0.2) is 0 Å². The predicted molar refractivity (Wildman–Crippen MR) is 87.0 cm³/mol. The Morgan fingerprint density at radius 1 is 1.42 bits per heavy atom. The van der Waals surface area contributed by atoms with Gasteiger partial charge in [0.1, 0.15) is 0 Å². The molecule has 0 radical (unpaired) electrons. The van der Waals surface area contributed by atoms with Gasteiger partial charge in [-0.05, 0) is 50.8 Å². The van der Waals surface area contributed by atoms with Crippen molar-refractivity contribution < 1.29 is 9.53 Å². The lowest BCUT2D eigenvalue weighted by molar-refractivity contribution is 0.0589. The molecule has 1 heterocycles. The summed E-state index contributed by atoms with van der Waals surface area (Å²) in [4.78, 5) is 14.6. The Hall–Kier alpha value is 0.0900. The van der Waals surface area contributed by atoms with Crippen LogP contribution >= 0.6 is 43.2 Å². The van der Waals surface area contributed by atoms with Crippen molar-refractivity contribution in [2.45, 2.75) is 32.7 Å². The highest BCUT2D eigenvalue weighted by Gasteiger charge is 2.25. The molecule has 3 nitrogen and oxygen atoms in total. The van der Waals surface area contributed by atoms with E-state index in [2.05, 4.69) is 45.7 Å². The van der Waals surface area contributed by atoms with Crippen LogP contribution in [0.5, 0.6) is 0 Å². The molecule has 1 aromatic rings. The largest absolute Gasteiger partial charge is 0.383 e. The van der Waals surface area contributed by atoms with Crippen molar-refractivity contribution in [1.29, 1.82) is 0 Å². The molecule has 0 saturated carbocycles. The molecular formula is C13H19Br2NO2S. The number of methoxy groups -OCH3 is 1. The highest BCUT2D eigenvalue weighted by atomic mass is 79.9. The number of carbonyl (C=O) groups excluding carboxylic acids is 1. The third-order valence-electron chi connectivity index (χ3n) is 3.07. The van der Waals surface area contributed by atoms with Crippen LogP contribution < -0.4 is 0 Å². The fourth-order valence-corrected chi connectivity index (χ4v) is 4.79. The van der Waals surface area contributed by atoms with Crippen LogP contribution in [0.2, 0.25) is 0 Å². The number of rotatable bonds is 7. The molecule has 0 N–H and O–H groups in total. The quantitative estimate of drug-likeness (QED) is 0.657. The van der Waals surface area contributed by atoms with Gasteiger partial charge >= 0.3 is 0 Å². The zero-order valence-electron chi connectivity index (χ0n) is 11.4. The molecule has 0 spiro atoms. The van der Waals surface area contributed by atoms with Crippen LogP contribution in [0.25, 0.3) is 0 Å². The van der Waals surface area contributed by atoms with Gasteiger partial charge in [0.05, 0.1) is 19.7 Å². The van der Waals surface area contributed by atoms with Crippen molar-refractivity contribution >= 4 is 49.1 Å². The average molecular weight is 413 g/mol. The zero-order chi connectivity index (χ0) is 14.4. The summed E-state index contributed by atoms with van der Waals surface area (Å²) in [6.07, 6.45) is 1.91. The van der Waals surface area contributed by atoms with Gasteiger partial charge in [0.25, 0.3) is 5.91 Å². The number of amides is 1. The molecule has 6 heteroatoms. The van der Waals surface area contributed by atoms with Crippen LogP contribution in [0.1, 0.15) is 37.0 Å². The third kappa shape index (κ3) is 4.55. The van der Waals surface area contributed by atoms with E-state index < -0.39 is 0 Å². The molecule has 0 aliphatic rings. The fraction of sp³-hybridized carbons (Fsp3) is 0.615. The minimum atomic E-state index is 0.0691. The maximum absolute atomic E-state index is 12.7. The number of hydrogen-bond donors (Lipinski definition) is 0. The maximum atomic E-state index is 12.7. The molecule has 1 amide bonds. The van der Waals surface area contributed by atoms with Crippen LogP contribution in [0.3, 0.4) is 0 Å². The Morgan fingerprint density at radius 3 is 2.47 bits per heavy atom. The van der Waals surface area contributed by atoms with E-state index in [1.807, 2.05) is 11.0 Å². The van der Waals surface area contributed by atoms with Gasteiger partial charge in [-0.2, -0.15) is 0 Å². The van der Waals surface area contributed by atoms with Gasteiger partial charge in [0.2, 0.25) is 0 Å². The van der Waals surface area contributed by atoms with Crippen molar-refractivity contribution in [2.24, 2.45) is 0 Å². The lowest BCUT2D eigenvalue weighted by Gasteiger charge is -2.30. The van der Waals surface area contributed by atoms with Crippen molar-refractivity contribution in [3.63, 3.8) is 0 Å². The topological polar surface area (TPSA) is 29.5 Å². The molecule has 1 rings (SSSR count). The minimum Gasteiger partial charge on any atom is -0.383 e. The summed E-state index contributed by atoms with van der Waals surface area (Å²) in [5.41, 5.74) is 0.722. The Balaban J connectivity index is 2.96. The lowest BCUT2D eigenvalue weighted by atomic mass is 10.1. The molecule has 0 aliphatic carbocycles. The SMILES string of the molecule is CCC(CC)N(CCOC)C(=O)c1cc(Br)sc1Br. The highest BCUT2D eigenvalue weighted by molar-refractivity contribution is 9.12. The van der Waals surface area contributed by atoms with Gasteiger partial charge in [-0.25, -0.2) is 0 Å². The van der Waals surface area contributed by atoms with E-state index in [-0.39, 0.29) is 11.9 Å². The van der Waals surface area contributed by atoms with E-state index in [0.717, 1.165) is 26.0 Å². The van der Waals surface area contributed by atoms with Gasteiger partial charge < -0.3 is 9.64 Å². The van der Waals surface area contributed by atoms with Gasteiger partial charge in [-0.15, -0.1) is 11.3 Å². The number of halogens is 2. The summed E-state index contributed by atoms with van der Waals surface area (Å²) in [5, 5.41) is 0. The van der Waals surface area contributed by atoms with E-state index in [1.165, 1.54) is 11.3 Å². The summed E-state index contributed by atoms with van der Waals surface area (Å²) >= 11 is 8.39. The van der Waals surface area contributed by atoms with Crippen molar-refractivity contribution in [1.82, 2.24) is 4.90 Å². The maximum Gasteiger partial charge on any atom is 0.256 e. The van der Waals surface area contributed by atoms with Crippen molar-refractivity contribution in [3.8, 4) is 0 Å². The third-order valence-corrected chi connectivity index (χ3v) is 5.41. The molecule has 0 atom stereocenters. The minimum absolute atomic E-state index is 0.0691. The van der Waals surface area contributed by atoms with E-state index in [9.17, 15) is 4.79 Å². The Labute approximate surface area is 135 Å². The predicted octanol–water partition coefficient (Wildman–Crippen LogP) is 4.55. The van der Waals surface area contributed by atoms with Gasteiger partial charge in [-0.3, -0.25) is 4.79 Å².